The van der Waals surface area contributed by atoms with Gasteiger partial charge in [0.2, 0.25) is 0 Å². The number of ether oxygens (including phenoxy) is 2. The summed E-state index contributed by atoms with van der Waals surface area (Å²) in [4.78, 5) is 24.5. The lowest BCUT2D eigenvalue weighted by atomic mass is 9.82. The first kappa shape index (κ1) is 24.0. The number of hydrogen-bond donors (Lipinski definition) is 0. The standard InChI is InChI=1S/C23H42O4/c1-4-7-9-12-19(11-6-3)18-27-23(25)21-15-13-20(14-16-21)22(24)26-17-10-8-5-2/h19-21H,4-18H2,1-3H3. The van der Waals surface area contributed by atoms with Crippen molar-refractivity contribution in [2.45, 2.75) is 104 Å². The number of unbranched alkanes of at least 4 members (excludes halogenated alkanes) is 4. The van der Waals surface area contributed by atoms with E-state index in [1.165, 1.54) is 19.3 Å². The van der Waals surface area contributed by atoms with Gasteiger partial charge < -0.3 is 9.47 Å². The molecular weight excluding hydrogens is 340 g/mol. The summed E-state index contributed by atoms with van der Waals surface area (Å²) in [6.45, 7) is 7.64. The third-order valence-electron chi connectivity index (χ3n) is 5.76. The van der Waals surface area contributed by atoms with Crippen molar-refractivity contribution < 1.29 is 19.1 Å². The average molecular weight is 383 g/mol. The first-order valence-corrected chi connectivity index (χ1v) is 11.5. The van der Waals surface area contributed by atoms with Crippen molar-refractivity contribution in [3.8, 4) is 0 Å². The highest BCUT2D eigenvalue weighted by Gasteiger charge is 2.31. The van der Waals surface area contributed by atoms with Crippen LogP contribution in [0, 0.1) is 17.8 Å². The van der Waals surface area contributed by atoms with E-state index in [2.05, 4.69) is 20.8 Å². The van der Waals surface area contributed by atoms with Crippen molar-refractivity contribution in [1.29, 1.82) is 0 Å². The second-order valence-electron chi connectivity index (χ2n) is 8.20. The summed E-state index contributed by atoms with van der Waals surface area (Å²) in [7, 11) is 0. The summed E-state index contributed by atoms with van der Waals surface area (Å²) in [6.07, 6.45) is 13.3. The van der Waals surface area contributed by atoms with Crippen molar-refractivity contribution in [3.63, 3.8) is 0 Å². The van der Waals surface area contributed by atoms with Gasteiger partial charge in [0.25, 0.3) is 0 Å². The topological polar surface area (TPSA) is 52.6 Å². The van der Waals surface area contributed by atoms with Crippen LogP contribution in [0.25, 0.3) is 0 Å². The summed E-state index contributed by atoms with van der Waals surface area (Å²) >= 11 is 0. The molecule has 1 fully saturated rings. The Morgan fingerprint density at radius 3 is 1.85 bits per heavy atom. The van der Waals surface area contributed by atoms with E-state index in [4.69, 9.17) is 9.47 Å². The normalized spacial score (nSPS) is 20.9. The molecule has 1 rings (SSSR count). The Hall–Kier alpha value is -1.06. The van der Waals surface area contributed by atoms with Crippen LogP contribution in [-0.2, 0) is 19.1 Å². The van der Waals surface area contributed by atoms with Gasteiger partial charge in [0.15, 0.2) is 0 Å². The van der Waals surface area contributed by atoms with E-state index < -0.39 is 0 Å². The molecule has 4 nitrogen and oxygen atoms in total. The molecule has 1 aliphatic rings. The lowest BCUT2D eigenvalue weighted by Crippen LogP contribution is -2.29. The van der Waals surface area contributed by atoms with E-state index in [0.29, 0.717) is 19.1 Å². The maximum absolute atomic E-state index is 12.4. The molecule has 0 heterocycles. The molecule has 0 saturated heterocycles. The summed E-state index contributed by atoms with van der Waals surface area (Å²) in [5.41, 5.74) is 0. The van der Waals surface area contributed by atoms with E-state index >= 15 is 0 Å². The molecule has 0 amide bonds. The molecule has 1 unspecified atom stereocenters. The molecule has 0 N–H and O–H groups in total. The molecule has 4 heteroatoms. The van der Waals surface area contributed by atoms with Gasteiger partial charge in [0, 0.05) is 0 Å². The van der Waals surface area contributed by atoms with Crippen molar-refractivity contribution in [1.82, 2.24) is 0 Å². The quantitative estimate of drug-likeness (QED) is 0.270. The van der Waals surface area contributed by atoms with E-state index in [1.54, 1.807) is 0 Å². The minimum absolute atomic E-state index is 0.0300. The molecule has 0 aromatic carbocycles. The van der Waals surface area contributed by atoms with Gasteiger partial charge in [-0.2, -0.15) is 0 Å². The Morgan fingerprint density at radius 2 is 1.30 bits per heavy atom. The predicted molar refractivity (Wildman–Crippen MR) is 109 cm³/mol. The van der Waals surface area contributed by atoms with Gasteiger partial charge in [-0.05, 0) is 50.9 Å². The van der Waals surface area contributed by atoms with Gasteiger partial charge in [-0.25, -0.2) is 0 Å². The Balaban J connectivity index is 2.26. The van der Waals surface area contributed by atoms with E-state index in [-0.39, 0.29) is 23.8 Å². The van der Waals surface area contributed by atoms with Crippen LogP contribution in [0.4, 0.5) is 0 Å². The monoisotopic (exact) mass is 382 g/mol. The van der Waals surface area contributed by atoms with Crippen LogP contribution in [0.15, 0.2) is 0 Å². The molecule has 27 heavy (non-hydrogen) atoms. The van der Waals surface area contributed by atoms with E-state index in [0.717, 1.165) is 64.2 Å². The highest BCUT2D eigenvalue weighted by Crippen LogP contribution is 2.31. The SMILES string of the molecule is CCCCCOC(=O)C1CCC(C(=O)OCC(CCC)CCCCC)CC1. The summed E-state index contributed by atoms with van der Waals surface area (Å²) in [5.74, 6) is 0.308. The fourth-order valence-corrected chi connectivity index (χ4v) is 3.93. The molecule has 0 radical (unpaired) electrons. The number of rotatable bonds is 14. The van der Waals surface area contributed by atoms with Crippen LogP contribution < -0.4 is 0 Å². The van der Waals surface area contributed by atoms with Gasteiger partial charge in [-0.3, -0.25) is 9.59 Å². The molecule has 1 saturated carbocycles. The fraction of sp³-hybridized carbons (Fsp3) is 0.913. The summed E-state index contributed by atoms with van der Waals surface area (Å²) in [5, 5.41) is 0. The third-order valence-corrected chi connectivity index (χ3v) is 5.76. The zero-order chi connectivity index (χ0) is 19.9. The van der Waals surface area contributed by atoms with Crippen molar-refractivity contribution in [3.05, 3.63) is 0 Å². The maximum Gasteiger partial charge on any atom is 0.308 e. The van der Waals surface area contributed by atoms with Gasteiger partial charge >= 0.3 is 11.9 Å². The Labute approximate surface area is 166 Å². The zero-order valence-corrected chi connectivity index (χ0v) is 18.0. The van der Waals surface area contributed by atoms with Crippen LogP contribution in [0.3, 0.4) is 0 Å². The lowest BCUT2D eigenvalue weighted by molar-refractivity contribution is -0.156. The molecule has 1 atom stereocenters. The largest absolute Gasteiger partial charge is 0.465 e. The van der Waals surface area contributed by atoms with Crippen LogP contribution >= 0.6 is 0 Å². The van der Waals surface area contributed by atoms with E-state index in [1.807, 2.05) is 0 Å². The van der Waals surface area contributed by atoms with Gasteiger partial charge in [0.1, 0.15) is 0 Å². The van der Waals surface area contributed by atoms with Gasteiger partial charge in [-0.1, -0.05) is 59.3 Å². The number of esters is 2. The van der Waals surface area contributed by atoms with Gasteiger partial charge in [-0.15, -0.1) is 0 Å². The fourth-order valence-electron chi connectivity index (χ4n) is 3.93. The van der Waals surface area contributed by atoms with Crippen molar-refractivity contribution in [2.24, 2.45) is 17.8 Å². The maximum atomic E-state index is 12.4. The minimum Gasteiger partial charge on any atom is -0.465 e. The van der Waals surface area contributed by atoms with Crippen molar-refractivity contribution >= 4 is 11.9 Å². The number of carbonyl (C=O) groups is 2. The average Bonchev–Trinajstić information content (AvgIpc) is 2.69. The third kappa shape index (κ3) is 10.2. The Morgan fingerprint density at radius 1 is 0.741 bits per heavy atom. The first-order chi connectivity index (χ1) is 13.1. The second kappa shape index (κ2) is 14.9. The lowest BCUT2D eigenvalue weighted by Gasteiger charge is -2.26. The summed E-state index contributed by atoms with van der Waals surface area (Å²) in [6, 6.07) is 0. The number of hydrogen-bond acceptors (Lipinski definition) is 4. The summed E-state index contributed by atoms with van der Waals surface area (Å²) < 4.78 is 11.0. The minimum atomic E-state index is -0.0724. The van der Waals surface area contributed by atoms with Crippen molar-refractivity contribution in [2.75, 3.05) is 13.2 Å². The second-order valence-corrected chi connectivity index (χ2v) is 8.20. The predicted octanol–water partition coefficient (Wildman–Crippen LogP) is 6.07. The molecule has 0 aliphatic heterocycles. The molecule has 158 valence electrons. The van der Waals surface area contributed by atoms with E-state index in [9.17, 15) is 9.59 Å². The Bertz CT molecular complexity index is 399. The highest BCUT2D eigenvalue weighted by atomic mass is 16.5. The first-order valence-electron chi connectivity index (χ1n) is 11.5. The van der Waals surface area contributed by atoms with Gasteiger partial charge in [0.05, 0.1) is 25.0 Å². The molecule has 0 spiro atoms. The number of carbonyl (C=O) groups excluding carboxylic acids is 2. The smallest absolute Gasteiger partial charge is 0.308 e. The Kier molecular flexibility index (Phi) is 13.3. The van der Waals surface area contributed by atoms with Crippen LogP contribution in [-0.4, -0.2) is 25.2 Å². The van der Waals surface area contributed by atoms with Crippen LogP contribution in [0.5, 0.6) is 0 Å². The zero-order valence-electron chi connectivity index (χ0n) is 18.0. The molecule has 1 aliphatic carbocycles. The molecular formula is C23H42O4. The molecule has 0 aromatic rings. The van der Waals surface area contributed by atoms with Crippen LogP contribution in [0.2, 0.25) is 0 Å². The molecule has 0 aromatic heterocycles. The van der Waals surface area contributed by atoms with Crippen LogP contribution in [0.1, 0.15) is 104 Å². The molecule has 0 bridgehead atoms. The highest BCUT2D eigenvalue weighted by molar-refractivity contribution is 5.75.